The van der Waals surface area contributed by atoms with Gasteiger partial charge in [0.2, 0.25) is 0 Å². The molecule has 0 spiro atoms. The fourth-order valence-corrected chi connectivity index (χ4v) is 1.59. The lowest BCUT2D eigenvalue weighted by atomic mass is 10.0. The topological polar surface area (TPSA) is 40.5 Å². The molecule has 1 atom stereocenters. The van der Waals surface area contributed by atoms with E-state index in [1.165, 1.54) is 0 Å². The Balaban J connectivity index is 2.64. The van der Waals surface area contributed by atoms with Crippen molar-refractivity contribution in [2.75, 3.05) is 6.61 Å². The summed E-state index contributed by atoms with van der Waals surface area (Å²) in [5, 5.41) is 17.9. The number of halogens is 1. The first-order valence-corrected chi connectivity index (χ1v) is 4.38. The summed E-state index contributed by atoms with van der Waals surface area (Å²) in [7, 11) is 0. The monoisotopic (exact) mass is 218 g/mol. The lowest BCUT2D eigenvalue weighted by Crippen LogP contribution is -2.16. The Morgan fingerprint density at radius 1 is 1.64 bits per heavy atom. The van der Waals surface area contributed by atoms with E-state index in [0.29, 0.717) is 0 Å². The van der Waals surface area contributed by atoms with Crippen molar-refractivity contribution in [3.05, 3.63) is 22.2 Å². The predicted molar refractivity (Wildman–Crippen MR) is 47.4 cm³/mol. The van der Waals surface area contributed by atoms with Crippen LogP contribution in [0.1, 0.15) is 12.8 Å². The highest BCUT2D eigenvalue weighted by Crippen LogP contribution is 2.23. The van der Waals surface area contributed by atoms with Crippen molar-refractivity contribution in [3.8, 4) is 0 Å². The van der Waals surface area contributed by atoms with Crippen molar-refractivity contribution in [1.82, 2.24) is 0 Å². The minimum absolute atomic E-state index is 0.188. The zero-order valence-electron chi connectivity index (χ0n) is 6.13. The maximum Gasteiger partial charge on any atom is 0.0984 e. The summed E-state index contributed by atoms with van der Waals surface area (Å²) in [6, 6.07) is 0. The number of aliphatic hydroxyl groups excluding tert-OH is 2. The molecule has 2 N–H and O–H groups in total. The van der Waals surface area contributed by atoms with Crippen molar-refractivity contribution in [2.24, 2.45) is 0 Å². The van der Waals surface area contributed by atoms with Crippen molar-refractivity contribution in [2.45, 2.75) is 18.9 Å². The maximum absolute atomic E-state index is 9.23. The van der Waals surface area contributed by atoms with E-state index in [4.69, 9.17) is 5.11 Å². The fourth-order valence-electron chi connectivity index (χ4n) is 1.06. The predicted octanol–water partition coefficient (Wildman–Crippen LogP) is 1.34. The van der Waals surface area contributed by atoms with Gasteiger partial charge in [-0.05, 0) is 24.5 Å². The van der Waals surface area contributed by atoms with Gasteiger partial charge in [0.1, 0.15) is 0 Å². The van der Waals surface area contributed by atoms with Crippen molar-refractivity contribution >= 4 is 15.9 Å². The molecule has 62 valence electrons. The molecule has 11 heavy (non-hydrogen) atoms. The van der Waals surface area contributed by atoms with E-state index < -0.39 is 6.10 Å². The molecule has 0 saturated heterocycles. The summed E-state index contributed by atoms with van der Waals surface area (Å²) < 4.78 is 0.992. The molecule has 1 aliphatic rings. The molecule has 1 unspecified atom stereocenters. The van der Waals surface area contributed by atoms with Crippen LogP contribution in [0.2, 0.25) is 0 Å². The molecule has 0 aliphatic heterocycles. The first-order chi connectivity index (χ1) is 5.24. The van der Waals surface area contributed by atoms with E-state index in [1.54, 1.807) is 0 Å². The molecule has 1 rings (SSSR count). The van der Waals surface area contributed by atoms with Gasteiger partial charge in [0.15, 0.2) is 0 Å². The molecule has 0 aromatic heterocycles. The Morgan fingerprint density at radius 2 is 2.36 bits per heavy atom. The molecule has 2 nitrogen and oxygen atoms in total. The Labute approximate surface area is 74.4 Å². The van der Waals surface area contributed by atoms with Gasteiger partial charge < -0.3 is 10.2 Å². The summed E-state index contributed by atoms with van der Waals surface area (Å²) in [6.07, 6.45) is 5.01. The molecule has 0 heterocycles. The van der Waals surface area contributed by atoms with Crippen LogP contribution in [0.15, 0.2) is 22.2 Å². The Bertz CT molecular complexity index is 196. The summed E-state index contributed by atoms with van der Waals surface area (Å²) in [4.78, 5) is 0. The van der Waals surface area contributed by atoms with Crippen LogP contribution in [-0.2, 0) is 0 Å². The van der Waals surface area contributed by atoms with Gasteiger partial charge in [0.25, 0.3) is 0 Å². The summed E-state index contributed by atoms with van der Waals surface area (Å²) in [5.41, 5.74) is 0.905. The molecule has 0 bridgehead atoms. The minimum Gasteiger partial charge on any atom is -0.393 e. The molecule has 0 aromatic carbocycles. The third-order valence-corrected chi connectivity index (χ3v) is 2.25. The van der Waals surface area contributed by atoms with Crippen LogP contribution in [-0.4, -0.2) is 22.9 Å². The second kappa shape index (κ2) is 4.04. The van der Waals surface area contributed by atoms with Gasteiger partial charge in [-0.3, -0.25) is 0 Å². The minimum atomic E-state index is -0.684. The number of hydrogen-bond donors (Lipinski definition) is 2. The lowest BCUT2D eigenvalue weighted by Gasteiger charge is -2.14. The number of aliphatic hydroxyl groups is 2. The highest BCUT2D eigenvalue weighted by atomic mass is 79.9. The number of hydrogen-bond acceptors (Lipinski definition) is 2. The van der Waals surface area contributed by atoms with Gasteiger partial charge in [0, 0.05) is 4.48 Å². The second-order valence-electron chi connectivity index (χ2n) is 2.55. The van der Waals surface area contributed by atoms with Gasteiger partial charge in [-0.25, -0.2) is 0 Å². The molecule has 3 heteroatoms. The standard InChI is InChI=1S/C8H11BrO2/c9-7-3-1-2-6(4-7)8(11)5-10/h3-4,8,10-11H,1-2,5H2. The first-order valence-electron chi connectivity index (χ1n) is 3.59. The van der Waals surface area contributed by atoms with E-state index >= 15 is 0 Å². The zero-order chi connectivity index (χ0) is 8.27. The maximum atomic E-state index is 9.23. The first kappa shape index (κ1) is 8.97. The van der Waals surface area contributed by atoms with Crippen LogP contribution in [0.3, 0.4) is 0 Å². The van der Waals surface area contributed by atoms with Crippen LogP contribution in [0.4, 0.5) is 0 Å². The molecule has 0 amide bonds. The van der Waals surface area contributed by atoms with Crippen LogP contribution in [0.25, 0.3) is 0 Å². The third-order valence-electron chi connectivity index (χ3n) is 1.70. The molecular formula is C8H11BrO2. The number of allylic oxidation sites excluding steroid dienone is 3. The molecule has 0 fully saturated rings. The van der Waals surface area contributed by atoms with Crippen LogP contribution < -0.4 is 0 Å². The van der Waals surface area contributed by atoms with E-state index in [9.17, 15) is 5.11 Å². The Kier molecular flexibility index (Phi) is 3.30. The Hall–Kier alpha value is -0.120. The van der Waals surface area contributed by atoms with E-state index in [0.717, 1.165) is 22.9 Å². The molecule has 0 aromatic rings. The lowest BCUT2D eigenvalue weighted by molar-refractivity contribution is 0.119. The SMILES string of the molecule is OCC(O)C1=CC(Br)=CCC1. The van der Waals surface area contributed by atoms with Crippen LogP contribution in [0, 0.1) is 0 Å². The van der Waals surface area contributed by atoms with Crippen molar-refractivity contribution < 1.29 is 10.2 Å². The summed E-state index contributed by atoms with van der Waals surface area (Å²) >= 11 is 3.32. The molecular weight excluding hydrogens is 208 g/mol. The summed E-state index contributed by atoms with van der Waals surface area (Å²) in [6.45, 7) is -0.188. The Morgan fingerprint density at radius 3 is 2.91 bits per heavy atom. The van der Waals surface area contributed by atoms with Gasteiger partial charge >= 0.3 is 0 Å². The average molecular weight is 219 g/mol. The average Bonchev–Trinajstić information content (AvgIpc) is 2.03. The second-order valence-corrected chi connectivity index (χ2v) is 3.46. The van der Waals surface area contributed by atoms with E-state index in [-0.39, 0.29) is 6.61 Å². The molecule has 1 aliphatic carbocycles. The van der Waals surface area contributed by atoms with Gasteiger partial charge in [0.05, 0.1) is 12.7 Å². The molecule has 0 saturated carbocycles. The third kappa shape index (κ3) is 2.43. The van der Waals surface area contributed by atoms with Crippen molar-refractivity contribution in [3.63, 3.8) is 0 Å². The van der Waals surface area contributed by atoms with E-state index in [2.05, 4.69) is 15.9 Å². The molecule has 0 radical (unpaired) electrons. The number of rotatable bonds is 2. The van der Waals surface area contributed by atoms with E-state index in [1.807, 2.05) is 12.2 Å². The highest BCUT2D eigenvalue weighted by molar-refractivity contribution is 9.11. The fraction of sp³-hybridized carbons (Fsp3) is 0.500. The zero-order valence-corrected chi connectivity index (χ0v) is 7.71. The van der Waals surface area contributed by atoms with Crippen molar-refractivity contribution in [1.29, 1.82) is 0 Å². The highest BCUT2D eigenvalue weighted by Gasteiger charge is 2.11. The normalized spacial score (nSPS) is 20.6. The van der Waals surface area contributed by atoms with Gasteiger partial charge in [-0.15, -0.1) is 0 Å². The van der Waals surface area contributed by atoms with Crippen LogP contribution >= 0.6 is 15.9 Å². The van der Waals surface area contributed by atoms with Gasteiger partial charge in [-0.2, -0.15) is 0 Å². The quantitative estimate of drug-likeness (QED) is 0.735. The van der Waals surface area contributed by atoms with Crippen LogP contribution in [0.5, 0.6) is 0 Å². The smallest absolute Gasteiger partial charge is 0.0984 e. The largest absolute Gasteiger partial charge is 0.393 e. The van der Waals surface area contributed by atoms with Gasteiger partial charge in [-0.1, -0.05) is 22.0 Å². The summed E-state index contributed by atoms with van der Waals surface area (Å²) in [5.74, 6) is 0.